The maximum absolute atomic E-state index is 12.6. The van der Waals surface area contributed by atoms with Crippen LogP contribution in [0.25, 0.3) is 0 Å². The second-order valence-corrected chi connectivity index (χ2v) is 7.10. The second kappa shape index (κ2) is 12.6. The van der Waals surface area contributed by atoms with Crippen molar-refractivity contribution in [3.63, 3.8) is 0 Å². The Balaban J connectivity index is 2.25. The number of benzene rings is 2. The molecular weight excluding hydrogens is 422 g/mol. The van der Waals surface area contributed by atoms with Crippen LogP contribution in [0, 0.1) is 0 Å². The lowest BCUT2D eigenvalue weighted by atomic mass is 10.0. The van der Waals surface area contributed by atoms with E-state index in [1.807, 2.05) is 18.4 Å². The van der Waals surface area contributed by atoms with E-state index in [0.29, 0.717) is 17.0 Å². The average Bonchev–Trinajstić information content (AvgIpc) is 2.77. The van der Waals surface area contributed by atoms with Crippen LogP contribution in [0.4, 0.5) is 10.5 Å². The number of ether oxygens (including phenoxy) is 3. The Kier molecular flexibility index (Phi) is 9.89. The van der Waals surface area contributed by atoms with Crippen LogP contribution < -0.4 is 10.1 Å². The van der Waals surface area contributed by atoms with Crippen molar-refractivity contribution in [2.75, 3.05) is 31.9 Å². The van der Waals surface area contributed by atoms with Gasteiger partial charge in [0.2, 0.25) is 0 Å². The number of methoxy groups -OCH3 is 1. The van der Waals surface area contributed by atoms with Gasteiger partial charge in [0.25, 0.3) is 0 Å². The predicted molar refractivity (Wildman–Crippen MR) is 118 cm³/mol. The Hall–Kier alpha value is -3.01. The minimum atomic E-state index is -1.15. The molecule has 2 aromatic carbocycles. The number of aliphatic hydroxyl groups excluding tert-OH is 1. The number of anilines is 1. The van der Waals surface area contributed by atoms with Crippen LogP contribution in [-0.2, 0) is 14.3 Å². The van der Waals surface area contributed by atoms with E-state index in [-0.39, 0.29) is 13.2 Å². The van der Waals surface area contributed by atoms with E-state index in [4.69, 9.17) is 24.4 Å². The van der Waals surface area contributed by atoms with Crippen molar-refractivity contribution in [3.8, 4) is 5.75 Å². The van der Waals surface area contributed by atoms with Gasteiger partial charge in [-0.15, -0.1) is 11.8 Å². The molecule has 0 aliphatic carbocycles. The molecule has 9 heteroatoms. The summed E-state index contributed by atoms with van der Waals surface area (Å²) >= 11 is 1.58. The van der Waals surface area contributed by atoms with Crippen molar-refractivity contribution in [2.45, 2.75) is 17.1 Å². The van der Waals surface area contributed by atoms with Gasteiger partial charge < -0.3 is 24.4 Å². The van der Waals surface area contributed by atoms with E-state index >= 15 is 0 Å². The van der Waals surface area contributed by atoms with Crippen molar-refractivity contribution in [1.82, 2.24) is 0 Å². The summed E-state index contributed by atoms with van der Waals surface area (Å²) in [6.07, 6.45) is 1.63. The quantitative estimate of drug-likeness (QED) is 0.353. The number of thioether (sulfide) groups is 1. The standard InChI is InChI=1S/C22H25NO7S/c1-28-19(10-11-20(25)26)21(15-4-3-5-17(14-15)29-13-12-24)30-22(27)23-16-6-8-18(31-2)9-7-16/h3-11,14,19,21,24H,12-13H2,1-2H3,(H,23,27)(H,25,26)/b11-10+/t19-,21-/m0/s1. The van der Waals surface area contributed by atoms with Gasteiger partial charge in [0.05, 0.1) is 6.61 Å². The van der Waals surface area contributed by atoms with E-state index < -0.39 is 24.3 Å². The zero-order chi connectivity index (χ0) is 22.6. The molecule has 0 saturated carbocycles. The van der Waals surface area contributed by atoms with Crippen LogP contribution in [0.5, 0.6) is 5.75 Å². The Morgan fingerprint density at radius 3 is 2.55 bits per heavy atom. The van der Waals surface area contributed by atoms with E-state index in [0.717, 1.165) is 11.0 Å². The smallest absolute Gasteiger partial charge is 0.412 e. The van der Waals surface area contributed by atoms with Gasteiger partial charge in [-0.3, -0.25) is 5.32 Å². The lowest BCUT2D eigenvalue weighted by Crippen LogP contribution is -2.27. The van der Waals surface area contributed by atoms with Crippen molar-refractivity contribution in [1.29, 1.82) is 0 Å². The molecular formula is C22H25NO7S. The van der Waals surface area contributed by atoms with Crippen molar-refractivity contribution in [3.05, 3.63) is 66.2 Å². The highest BCUT2D eigenvalue weighted by Gasteiger charge is 2.26. The van der Waals surface area contributed by atoms with Gasteiger partial charge in [-0.2, -0.15) is 0 Å². The third-order valence-corrected chi connectivity index (χ3v) is 4.86. The number of amides is 1. The van der Waals surface area contributed by atoms with Crippen molar-refractivity contribution >= 4 is 29.5 Å². The topological polar surface area (TPSA) is 114 Å². The molecule has 0 heterocycles. The summed E-state index contributed by atoms with van der Waals surface area (Å²) in [4.78, 5) is 24.6. The number of aliphatic hydroxyl groups is 1. The average molecular weight is 448 g/mol. The molecule has 0 fully saturated rings. The number of aliphatic carboxylic acids is 1. The zero-order valence-electron chi connectivity index (χ0n) is 17.2. The minimum Gasteiger partial charge on any atom is -0.491 e. The fourth-order valence-corrected chi connectivity index (χ4v) is 3.10. The van der Waals surface area contributed by atoms with Gasteiger partial charge in [-0.25, -0.2) is 9.59 Å². The van der Waals surface area contributed by atoms with Gasteiger partial charge in [0.15, 0.2) is 6.10 Å². The number of rotatable bonds is 11. The van der Waals surface area contributed by atoms with Crippen molar-refractivity contribution < 1.29 is 34.0 Å². The Morgan fingerprint density at radius 2 is 1.94 bits per heavy atom. The fraction of sp³-hybridized carbons (Fsp3) is 0.273. The number of hydrogen-bond donors (Lipinski definition) is 3. The highest BCUT2D eigenvalue weighted by atomic mass is 32.2. The predicted octanol–water partition coefficient (Wildman–Crippen LogP) is 3.73. The van der Waals surface area contributed by atoms with E-state index in [9.17, 15) is 9.59 Å². The first-order valence-corrected chi connectivity index (χ1v) is 10.6. The molecule has 0 saturated heterocycles. The number of nitrogens with one attached hydrogen (secondary N) is 1. The van der Waals surface area contributed by atoms with Gasteiger partial charge >= 0.3 is 12.1 Å². The lowest BCUT2D eigenvalue weighted by Gasteiger charge is -2.24. The largest absolute Gasteiger partial charge is 0.491 e. The van der Waals surface area contributed by atoms with E-state index in [1.165, 1.54) is 13.2 Å². The molecule has 8 nitrogen and oxygen atoms in total. The molecule has 1 amide bonds. The molecule has 2 aromatic rings. The fourth-order valence-electron chi connectivity index (χ4n) is 2.69. The zero-order valence-corrected chi connectivity index (χ0v) is 18.0. The monoisotopic (exact) mass is 447 g/mol. The lowest BCUT2D eigenvalue weighted by molar-refractivity contribution is -0.131. The highest BCUT2D eigenvalue weighted by molar-refractivity contribution is 7.98. The van der Waals surface area contributed by atoms with Gasteiger partial charge in [-0.05, 0) is 54.3 Å². The SMILES string of the molecule is CO[C@@H](/C=C/C(=O)O)[C@@H](OC(=O)Nc1ccc(SC)cc1)c1cccc(OCCO)c1. The third kappa shape index (κ3) is 7.97. The summed E-state index contributed by atoms with van der Waals surface area (Å²) in [6, 6.07) is 14.0. The summed E-state index contributed by atoms with van der Waals surface area (Å²) in [5, 5.41) is 20.6. The molecule has 0 aliphatic rings. The summed E-state index contributed by atoms with van der Waals surface area (Å²) in [7, 11) is 1.39. The van der Waals surface area contributed by atoms with Crippen molar-refractivity contribution in [2.24, 2.45) is 0 Å². The molecule has 166 valence electrons. The van der Waals surface area contributed by atoms with E-state index in [2.05, 4.69) is 5.32 Å². The minimum absolute atomic E-state index is 0.105. The second-order valence-electron chi connectivity index (χ2n) is 6.22. The number of hydrogen-bond acceptors (Lipinski definition) is 7. The molecule has 3 N–H and O–H groups in total. The summed E-state index contributed by atoms with van der Waals surface area (Å²) in [5.41, 5.74) is 1.09. The van der Waals surface area contributed by atoms with Crippen LogP contribution in [0.1, 0.15) is 11.7 Å². The van der Waals surface area contributed by atoms with Gasteiger partial charge in [0, 0.05) is 23.8 Å². The number of carboxylic acid groups (broad SMARTS) is 1. The maximum Gasteiger partial charge on any atom is 0.412 e. The first kappa shape index (κ1) is 24.3. The normalized spacial score (nSPS) is 12.9. The highest BCUT2D eigenvalue weighted by Crippen LogP contribution is 2.28. The Labute approximate surface area is 184 Å². The molecule has 0 aromatic heterocycles. The van der Waals surface area contributed by atoms with E-state index in [1.54, 1.807) is 48.2 Å². The molecule has 2 atom stereocenters. The van der Waals surface area contributed by atoms with Crippen LogP contribution in [0.2, 0.25) is 0 Å². The van der Waals surface area contributed by atoms with Crippen LogP contribution in [0.15, 0.2) is 65.6 Å². The van der Waals surface area contributed by atoms with Gasteiger partial charge in [0.1, 0.15) is 18.5 Å². The van der Waals surface area contributed by atoms with Crippen LogP contribution >= 0.6 is 11.8 Å². The molecule has 2 rings (SSSR count). The Morgan fingerprint density at radius 1 is 1.19 bits per heavy atom. The van der Waals surface area contributed by atoms with Crippen LogP contribution in [0.3, 0.4) is 0 Å². The first-order chi connectivity index (χ1) is 15.0. The number of carbonyl (C=O) groups excluding carboxylic acids is 1. The van der Waals surface area contributed by atoms with Gasteiger partial charge in [-0.1, -0.05) is 12.1 Å². The Bertz CT molecular complexity index is 886. The summed E-state index contributed by atoms with van der Waals surface area (Å²) < 4.78 is 16.4. The molecule has 0 unspecified atom stereocenters. The molecule has 0 bridgehead atoms. The molecule has 0 spiro atoms. The third-order valence-electron chi connectivity index (χ3n) is 4.12. The first-order valence-electron chi connectivity index (χ1n) is 9.36. The number of carboxylic acids is 1. The molecule has 31 heavy (non-hydrogen) atoms. The molecule has 0 aliphatic heterocycles. The molecule has 0 radical (unpaired) electrons. The van der Waals surface area contributed by atoms with Crippen LogP contribution in [-0.4, -0.2) is 55.0 Å². The summed E-state index contributed by atoms with van der Waals surface area (Å²) in [6.45, 7) is -0.0436. The summed E-state index contributed by atoms with van der Waals surface area (Å²) in [5.74, 6) is -0.690. The maximum atomic E-state index is 12.6. The number of carbonyl (C=O) groups is 2.